The molecule has 0 spiro atoms. The number of nitrogens with zero attached hydrogens (tertiary/aromatic N) is 4. The molecule has 5 nitrogen and oxygen atoms in total. The van der Waals surface area contributed by atoms with Crippen LogP contribution in [0.5, 0.6) is 0 Å². The summed E-state index contributed by atoms with van der Waals surface area (Å²) < 4.78 is 9.06. The van der Waals surface area contributed by atoms with E-state index in [0.29, 0.717) is 29.3 Å². The molecule has 9 aromatic rings. The van der Waals surface area contributed by atoms with Gasteiger partial charge >= 0.3 is 0 Å². The molecule has 0 bridgehead atoms. The number of benzene rings is 6. The Morgan fingerprint density at radius 1 is 0.536 bits per heavy atom. The second-order valence-corrected chi connectivity index (χ2v) is 17.2. The van der Waals surface area contributed by atoms with Gasteiger partial charge in [0.15, 0.2) is 17.5 Å². The SMILES string of the molecule is CC1(C)c2ccc3c(c2C(C)(C)C2CCCCC21)c1ccccc1n3-c1ccc2oc3cccc(-c4nc(-c5ccccc5)nc(-c5ccccc5)n4)c3c2c1. The minimum absolute atomic E-state index is 0.0613. The molecule has 0 aliphatic heterocycles. The van der Waals surface area contributed by atoms with Crippen LogP contribution in [0.1, 0.15) is 64.5 Å². The first-order chi connectivity index (χ1) is 27.3. The van der Waals surface area contributed by atoms with E-state index >= 15 is 0 Å². The molecular weight excluding hydrogens is 685 g/mol. The van der Waals surface area contributed by atoms with Crippen molar-refractivity contribution in [3.8, 4) is 39.9 Å². The Morgan fingerprint density at radius 2 is 1.18 bits per heavy atom. The van der Waals surface area contributed by atoms with E-state index in [1.807, 2.05) is 72.8 Å². The first-order valence-electron chi connectivity index (χ1n) is 20.2. The summed E-state index contributed by atoms with van der Waals surface area (Å²) >= 11 is 0. The average molecular weight is 729 g/mol. The van der Waals surface area contributed by atoms with E-state index in [0.717, 1.165) is 44.3 Å². The summed E-state index contributed by atoms with van der Waals surface area (Å²) in [6.45, 7) is 10.1. The Hall–Kier alpha value is -6.07. The topological polar surface area (TPSA) is 56.7 Å². The molecule has 2 aliphatic carbocycles. The summed E-state index contributed by atoms with van der Waals surface area (Å²) in [5.41, 5.74) is 11.3. The molecule has 0 saturated heterocycles. The Kier molecular flexibility index (Phi) is 7.26. The van der Waals surface area contributed by atoms with Gasteiger partial charge in [-0.15, -0.1) is 0 Å². The van der Waals surface area contributed by atoms with Crippen molar-refractivity contribution in [1.29, 1.82) is 0 Å². The van der Waals surface area contributed by atoms with Crippen molar-refractivity contribution >= 4 is 43.7 Å². The number of hydrogen-bond acceptors (Lipinski definition) is 4. The number of furan rings is 1. The van der Waals surface area contributed by atoms with E-state index in [9.17, 15) is 0 Å². The van der Waals surface area contributed by atoms with Gasteiger partial charge in [-0.25, -0.2) is 15.0 Å². The van der Waals surface area contributed by atoms with Crippen molar-refractivity contribution in [2.45, 2.75) is 64.2 Å². The molecule has 56 heavy (non-hydrogen) atoms. The van der Waals surface area contributed by atoms with Crippen LogP contribution in [0.3, 0.4) is 0 Å². The van der Waals surface area contributed by atoms with Gasteiger partial charge in [0.1, 0.15) is 11.2 Å². The van der Waals surface area contributed by atoms with E-state index < -0.39 is 0 Å². The molecule has 0 radical (unpaired) electrons. The molecule has 3 aromatic heterocycles. The fourth-order valence-electron chi connectivity index (χ4n) is 10.9. The van der Waals surface area contributed by atoms with Gasteiger partial charge in [0.25, 0.3) is 0 Å². The fourth-order valence-corrected chi connectivity index (χ4v) is 10.9. The van der Waals surface area contributed by atoms with Crippen LogP contribution in [0.4, 0.5) is 0 Å². The lowest BCUT2D eigenvalue weighted by Gasteiger charge is -2.55. The van der Waals surface area contributed by atoms with Gasteiger partial charge in [-0.05, 0) is 83.0 Å². The Bertz CT molecular complexity index is 2930. The van der Waals surface area contributed by atoms with Crippen molar-refractivity contribution < 1.29 is 4.42 Å². The summed E-state index contributed by atoms with van der Waals surface area (Å²) in [6.07, 6.45) is 5.32. The molecule has 0 N–H and O–H groups in total. The van der Waals surface area contributed by atoms with Crippen LogP contribution >= 0.6 is 0 Å². The summed E-state index contributed by atoms with van der Waals surface area (Å²) in [7, 11) is 0. The molecule has 1 fully saturated rings. The number of hydrogen-bond donors (Lipinski definition) is 0. The summed E-state index contributed by atoms with van der Waals surface area (Å²) in [4.78, 5) is 15.2. The third-order valence-corrected chi connectivity index (χ3v) is 13.5. The molecule has 3 heterocycles. The Morgan fingerprint density at radius 3 is 1.89 bits per heavy atom. The zero-order valence-corrected chi connectivity index (χ0v) is 32.4. The Labute approximate surface area is 327 Å². The van der Waals surface area contributed by atoms with Crippen LogP contribution in [0.15, 0.2) is 138 Å². The zero-order valence-electron chi connectivity index (χ0n) is 32.4. The molecule has 6 aromatic carbocycles. The second-order valence-electron chi connectivity index (χ2n) is 17.2. The summed E-state index contributed by atoms with van der Waals surface area (Å²) in [5, 5.41) is 4.76. The molecule has 2 unspecified atom stereocenters. The van der Waals surface area contributed by atoms with Gasteiger partial charge in [-0.2, -0.15) is 0 Å². The Balaban J connectivity index is 1.15. The monoisotopic (exact) mass is 728 g/mol. The molecule has 1 saturated carbocycles. The van der Waals surface area contributed by atoms with Crippen LogP contribution in [0, 0.1) is 11.8 Å². The van der Waals surface area contributed by atoms with E-state index in [1.54, 1.807) is 5.56 Å². The van der Waals surface area contributed by atoms with Gasteiger partial charge in [-0.1, -0.05) is 138 Å². The first-order valence-corrected chi connectivity index (χ1v) is 20.2. The van der Waals surface area contributed by atoms with E-state index in [-0.39, 0.29) is 10.8 Å². The smallest absolute Gasteiger partial charge is 0.164 e. The average Bonchev–Trinajstić information content (AvgIpc) is 3.79. The van der Waals surface area contributed by atoms with Gasteiger partial charge < -0.3 is 8.98 Å². The lowest BCUT2D eigenvalue weighted by molar-refractivity contribution is 0.0716. The van der Waals surface area contributed by atoms with Gasteiger partial charge in [0.2, 0.25) is 0 Å². The largest absolute Gasteiger partial charge is 0.456 e. The maximum atomic E-state index is 6.59. The van der Waals surface area contributed by atoms with Crippen molar-refractivity contribution in [3.05, 3.63) is 145 Å². The molecule has 2 atom stereocenters. The van der Waals surface area contributed by atoms with Crippen LogP contribution in [0.25, 0.3) is 83.6 Å². The lowest BCUT2D eigenvalue weighted by atomic mass is 9.48. The maximum absolute atomic E-state index is 6.59. The molecule has 2 aliphatic rings. The second kappa shape index (κ2) is 12.2. The van der Waals surface area contributed by atoms with Gasteiger partial charge in [-0.3, -0.25) is 0 Å². The van der Waals surface area contributed by atoms with E-state index in [1.165, 1.54) is 53.1 Å². The molecule has 5 heteroatoms. The molecular formula is C51H44N4O. The number of aromatic nitrogens is 4. The van der Waals surface area contributed by atoms with Crippen molar-refractivity contribution in [1.82, 2.24) is 19.5 Å². The normalized spacial score (nSPS) is 18.7. The zero-order chi connectivity index (χ0) is 37.8. The van der Waals surface area contributed by atoms with Crippen LogP contribution < -0.4 is 0 Å². The summed E-state index contributed by atoms with van der Waals surface area (Å²) in [6, 6.07) is 47.0. The minimum Gasteiger partial charge on any atom is -0.456 e. The number of rotatable bonds is 4. The molecule has 0 amide bonds. The lowest BCUT2D eigenvalue weighted by Crippen LogP contribution is -2.50. The van der Waals surface area contributed by atoms with E-state index in [2.05, 4.69) is 92.9 Å². The highest BCUT2D eigenvalue weighted by Crippen LogP contribution is 2.59. The maximum Gasteiger partial charge on any atom is 0.164 e. The fraction of sp³-hybridized carbons (Fsp3) is 0.235. The van der Waals surface area contributed by atoms with E-state index in [4.69, 9.17) is 19.4 Å². The summed E-state index contributed by atoms with van der Waals surface area (Å²) in [5.74, 6) is 3.26. The predicted molar refractivity (Wildman–Crippen MR) is 229 cm³/mol. The highest BCUT2D eigenvalue weighted by Gasteiger charge is 2.52. The standard InChI is InChI=1S/C51H44N4O/c1-50(2)37-22-12-13-23-38(37)51(3,4)46-39(50)27-28-41-45(46)34-20-11-14-24-40(34)55(41)33-26-29-42-36(30-33)44-35(21-15-25-43(44)56-42)49-53-47(31-16-7-5-8-17-31)52-48(54-49)32-18-9-6-10-19-32/h5-11,14-21,24-30,37-38H,12-13,22-23H2,1-4H3. The number of para-hydroxylation sites is 1. The van der Waals surface area contributed by atoms with Gasteiger partial charge in [0.05, 0.1) is 11.0 Å². The molecule has 11 rings (SSSR count). The minimum atomic E-state index is 0.0613. The van der Waals surface area contributed by atoms with Crippen LogP contribution in [-0.2, 0) is 10.8 Å². The van der Waals surface area contributed by atoms with Crippen molar-refractivity contribution in [3.63, 3.8) is 0 Å². The van der Waals surface area contributed by atoms with Crippen molar-refractivity contribution in [2.24, 2.45) is 11.8 Å². The highest BCUT2D eigenvalue weighted by molar-refractivity contribution is 6.14. The first kappa shape index (κ1) is 33.3. The predicted octanol–water partition coefficient (Wildman–Crippen LogP) is 13.2. The third kappa shape index (κ3) is 4.82. The van der Waals surface area contributed by atoms with Gasteiger partial charge in [0, 0.05) is 43.9 Å². The quantitative estimate of drug-likeness (QED) is 0.181. The third-order valence-electron chi connectivity index (χ3n) is 13.5. The highest BCUT2D eigenvalue weighted by atomic mass is 16.3. The van der Waals surface area contributed by atoms with Crippen LogP contribution in [-0.4, -0.2) is 19.5 Å². The number of fused-ring (bicyclic) bond motifs is 9. The van der Waals surface area contributed by atoms with Crippen molar-refractivity contribution in [2.75, 3.05) is 0 Å². The molecule has 274 valence electrons. The van der Waals surface area contributed by atoms with Crippen LogP contribution in [0.2, 0.25) is 0 Å².